The van der Waals surface area contributed by atoms with Crippen molar-refractivity contribution in [3.63, 3.8) is 0 Å². The summed E-state index contributed by atoms with van der Waals surface area (Å²) in [6.07, 6.45) is 4.29. The molecule has 3 N–H and O–H groups in total. The van der Waals surface area contributed by atoms with E-state index in [9.17, 15) is 8.42 Å². The molecule has 0 spiro atoms. The molecule has 0 radical (unpaired) electrons. The number of aryl methyl sites for hydroxylation is 1. The van der Waals surface area contributed by atoms with Crippen molar-refractivity contribution >= 4 is 15.7 Å². The maximum atomic E-state index is 12.5. The van der Waals surface area contributed by atoms with E-state index in [2.05, 4.69) is 11.6 Å². The highest BCUT2D eigenvalue weighted by Gasteiger charge is 2.27. The average Bonchev–Trinajstić information content (AvgIpc) is 2.35. The van der Waals surface area contributed by atoms with Gasteiger partial charge in [-0.3, -0.25) is 0 Å². The third kappa shape index (κ3) is 3.28. The number of rotatable bonds is 3. The first kappa shape index (κ1) is 14.3. The van der Waals surface area contributed by atoms with E-state index in [1.54, 1.807) is 19.1 Å². The Morgan fingerprint density at radius 2 is 1.95 bits per heavy atom. The molecule has 2 rings (SSSR count). The maximum absolute atomic E-state index is 12.5. The van der Waals surface area contributed by atoms with E-state index < -0.39 is 10.0 Å². The number of sulfonamides is 1. The summed E-state index contributed by atoms with van der Waals surface area (Å²) in [5.41, 5.74) is 6.89. The van der Waals surface area contributed by atoms with Crippen molar-refractivity contribution in [2.45, 2.75) is 50.5 Å². The monoisotopic (exact) mass is 282 g/mol. The van der Waals surface area contributed by atoms with E-state index in [-0.39, 0.29) is 6.04 Å². The molecular weight excluding hydrogens is 260 g/mol. The lowest BCUT2D eigenvalue weighted by atomic mass is 9.87. The number of benzene rings is 1. The first-order chi connectivity index (χ1) is 8.90. The number of nitrogens with one attached hydrogen (secondary N) is 1. The van der Waals surface area contributed by atoms with Crippen LogP contribution in [0.25, 0.3) is 0 Å². The van der Waals surface area contributed by atoms with Crippen LogP contribution in [-0.2, 0) is 10.0 Å². The van der Waals surface area contributed by atoms with Crippen LogP contribution in [0.3, 0.4) is 0 Å². The molecule has 1 saturated carbocycles. The molecule has 0 aromatic heterocycles. The summed E-state index contributed by atoms with van der Waals surface area (Å²) in [5.74, 6) is 0.393. The Balaban J connectivity index is 2.24. The molecule has 0 heterocycles. The van der Waals surface area contributed by atoms with Gasteiger partial charge in [0.25, 0.3) is 0 Å². The number of hydrogen-bond donors (Lipinski definition) is 2. The zero-order chi connectivity index (χ0) is 14.0. The fourth-order valence-electron chi connectivity index (χ4n) is 2.66. The second kappa shape index (κ2) is 5.51. The Labute approximate surface area is 115 Å². The Morgan fingerprint density at radius 3 is 2.63 bits per heavy atom. The lowest BCUT2D eigenvalue weighted by Gasteiger charge is -2.29. The number of hydrogen-bond acceptors (Lipinski definition) is 3. The van der Waals surface area contributed by atoms with Crippen molar-refractivity contribution in [3.05, 3.63) is 23.8 Å². The van der Waals surface area contributed by atoms with Gasteiger partial charge in [0.15, 0.2) is 0 Å². The molecule has 0 saturated heterocycles. The Kier molecular flexibility index (Phi) is 4.16. The van der Waals surface area contributed by atoms with Crippen LogP contribution in [0.5, 0.6) is 0 Å². The van der Waals surface area contributed by atoms with Crippen molar-refractivity contribution in [1.82, 2.24) is 4.72 Å². The SMILES string of the molecule is Cc1ccc(N)cc1S(=O)(=O)NC1CCCCC1C. The maximum Gasteiger partial charge on any atom is 0.241 e. The first-order valence-electron chi connectivity index (χ1n) is 6.78. The molecule has 1 aliphatic rings. The molecule has 5 heteroatoms. The Morgan fingerprint density at radius 1 is 1.26 bits per heavy atom. The van der Waals surface area contributed by atoms with Crippen LogP contribution in [0, 0.1) is 12.8 Å². The van der Waals surface area contributed by atoms with E-state index in [0.29, 0.717) is 16.5 Å². The molecule has 2 atom stereocenters. The Bertz CT molecular complexity index is 555. The van der Waals surface area contributed by atoms with Crippen LogP contribution in [0.4, 0.5) is 5.69 Å². The molecule has 19 heavy (non-hydrogen) atoms. The highest BCUT2D eigenvalue weighted by Crippen LogP contribution is 2.26. The smallest absolute Gasteiger partial charge is 0.241 e. The van der Waals surface area contributed by atoms with Crippen LogP contribution in [0.1, 0.15) is 38.2 Å². The number of anilines is 1. The summed E-state index contributed by atoms with van der Waals surface area (Å²) in [5, 5.41) is 0. The number of nitrogen functional groups attached to an aromatic ring is 1. The summed E-state index contributed by atoms with van der Waals surface area (Å²) < 4.78 is 27.8. The van der Waals surface area contributed by atoms with E-state index >= 15 is 0 Å². The van der Waals surface area contributed by atoms with Gasteiger partial charge in [0.1, 0.15) is 0 Å². The molecule has 1 aliphatic carbocycles. The lowest BCUT2D eigenvalue weighted by molar-refractivity contribution is 0.310. The second-order valence-corrected chi connectivity index (χ2v) is 7.20. The molecule has 1 fully saturated rings. The van der Waals surface area contributed by atoms with E-state index in [1.807, 2.05) is 0 Å². The zero-order valence-corrected chi connectivity index (χ0v) is 12.3. The molecule has 0 aliphatic heterocycles. The molecule has 4 nitrogen and oxygen atoms in total. The normalized spacial score (nSPS) is 24.3. The van der Waals surface area contributed by atoms with Crippen LogP contribution < -0.4 is 10.5 Å². The van der Waals surface area contributed by atoms with Gasteiger partial charge in [-0.25, -0.2) is 13.1 Å². The van der Waals surface area contributed by atoms with Crippen molar-refractivity contribution in [1.29, 1.82) is 0 Å². The van der Waals surface area contributed by atoms with Crippen molar-refractivity contribution in [2.24, 2.45) is 5.92 Å². The first-order valence-corrected chi connectivity index (χ1v) is 8.27. The fourth-order valence-corrected chi connectivity index (χ4v) is 4.32. The van der Waals surface area contributed by atoms with Crippen LogP contribution in [-0.4, -0.2) is 14.5 Å². The highest BCUT2D eigenvalue weighted by molar-refractivity contribution is 7.89. The van der Waals surface area contributed by atoms with Crippen LogP contribution in [0.2, 0.25) is 0 Å². The van der Waals surface area contributed by atoms with E-state index in [0.717, 1.165) is 24.8 Å². The molecule has 106 valence electrons. The lowest BCUT2D eigenvalue weighted by Crippen LogP contribution is -2.41. The summed E-state index contributed by atoms with van der Waals surface area (Å²) >= 11 is 0. The van der Waals surface area contributed by atoms with Gasteiger partial charge >= 0.3 is 0 Å². The quantitative estimate of drug-likeness (QED) is 0.836. The Hall–Kier alpha value is -1.07. The highest BCUT2D eigenvalue weighted by atomic mass is 32.2. The van der Waals surface area contributed by atoms with Gasteiger partial charge in [-0.1, -0.05) is 25.8 Å². The van der Waals surface area contributed by atoms with Gasteiger partial charge < -0.3 is 5.73 Å². The minimum absolute atomic E-state index is 0.0413. The topological polar surface area (TPSA) is 72.2 Å². The van der Waals surface area contributed by atoms with Crippen LogP contribution >= 0.6 is 0 Å². The minimum Gasteiger partial charge on any atom is -0.399 e. The average molecular weight is 282 g/mol. The van der Waals surface area contributed by atoms with Gasteiger partial charge in [-0.15, -0.1) is 0 Å². The minimum atomic E-state index is -3.48. The van der Waals surface area contributed by atoms with Gasteiger partial charge in [0.2, 0.25) is 10.0 Å². The third-order valence-corrected chi connectivity index (χ3v) is 5.55. The second-order valence-electron chi connectivity index (χ2n) is 5.51. The summed E-state index contributed by atoms with van der Waals surface area (Å²) in [7, 11) is -3.48. The third-order valence-electron chi connectivity index (χ3n) is 3.92. The molecule has 2 unspecified atom stereocenters. The van der Waals surface area contributed by atoms with Gasteiger partial charge in [-0.2, -0.15) is 0 Å². The summed E-state index contributed by atoms with van der Waals surface area (Å²) in [6, 6.07) is 5.04. The molecule has 0 bridgehead atoms. The van der Waals surface area contributed by atoms with Gasteiger partial charge in [0.05, 0.1) is 4.90 Å². The van der Waals surface area contributed by atoms with Crippen molar-refractivity contribution < 1.29 is 8.42 Å². The van der Waals surface area contributed by atoms with Crippen molar-refractivity contribution in [2.75, 3.05) is 5.73 Å². The van der Waals surface area contributed by atoms with Gasteiger partial charge in [0, 0.05) is 11.7 Å². The largest absolute Gasteiger partial charge is 0.399 e. The molecule has 0 amide bonds. The van der Waals surface area contributed by atoms with Gasteiger partial charge in [-0.05, 0) is 43.4 Å². The fraction of sp³-hybridized carbons (Fsp3) is 0.571. The van der Waals surface area contributed by atoms with E-state index in [4.69, 9.17) is 5.73 Å². The number of nitrogens with two attached hydrogens (primary N) is 1. The molecule has 1 aromatic rings. The van der Waals surface area contributed by atoms with Crippen molar-refractivity contribution in [3.8, 4) is 0 Å². The van der Waals surface area contributed by atoms with Crippen LogP contribution in [0.15, 0.2) is 23.1 Å². The predicted octanol–water partition coefficient (Wildman–Crippen LogP) is 2.43. The molecular formula is C14H22N2O2S. The zero-order valence-electron chi connectivity index (χ0n) is 11.5. The summed E-state index contributed by atoms with van der Waals surface area (Å²) in [4.78, 5) is 0.297. The van der Waals surface area contributed by atoms with E-state index in [1.165, 1.54) is 12.5 Å². The molecule has 1 aromatic carbocycles. The predicted molar refractivity (Wildman–Crippen MR) is 77.3 cm³/mol. The summed E-state index contributed by atoms with van der Waals surface area (Å²) in [6.45, 7) is 3.90. The standard InChI is InChI=1S/C14H22N2O2S/c1-10-5-3-4-6-13(10)16-19(17,18)14-9-12(15)8-7-11(14)2/h7-10,13,16H,3-6,15H2,1-2H3.